The fourth-order valence-electron chi connectivity index (χ4n) is 2.12. The standard InChI is InChI=1S/C19H14BrN5O2/c20-13-6-11-18(17(12-13)19(26)27)24-25-23-16-9-7-15(8-10-16)22-21-14-4-2-1-3-5-14/h1-12H,(H,23,24)(H,26,27). The van der Waals surface area contributed by atoms with Gasteiger partial charge in [0.05, 0.1) is 22.6 Å². The van der Waals surface area contributed by atoms with E-state index in [1.165, 1.54) is 6.07 Å². The van der Waals surface area contributed by atoms with E-state index in [4.69, 9.17) is 0 Å². The molecule has 0 aliphatic rings. The molecule has 8 heteroatoms. The molecule has 3 aromatic carbocycles. The molecule has 0 aromatic heterocycles. The SMILES string of the molecule is O=C(O)c1cc(Br)ccc1N=NNc1ccc(N=Nc2ccccc2)cc1. The first-order chi connectivity index (χ1) is 13.1. The van der Waals surface area contributed by atoms with Crippen LogP contribution >= 0.6 is 15.9 Å². The predicted molar refractivity (Wildman–Crippen MR) is 106 cm³/mol. The number of nitrogens with one attached hydrogen (secondary N) is 1. The van der Waals surface area contributed by atoms with Crippen molar-refractivity contribution in [3.8, 4) is 0 Å². The van der Waals surface area contributed by atoms with Gasteiger partial charge in [-0.25, -0.2) is 4.79 Å². The molecule has 0 unspecified atom stereocenters. The third-order valence-electron chi connectivity index (χ3n) is 3.43. The van der Waals surface area contributed by atoms with E-state index in [1.807, 2.05) is 30.3 Å². The molecule has 3 rings (SSSR count). The second kappa shape index (κ2) is 8.81. The van der Waals surface area contributed by atoms with Gasteiger partial charge in [0.1, 0.15) is 5.69 Å². The minimum absolute atomic E-state index is 0.0617. The number of azo groups is 1. The van der Waals surface area contributed by atoms with Gasteiger partial charge in [0.2, 0.25) is 0 Å². The first-order valence-electron chi connectivity index (χ1n) is 7.88. The van der Waals surface area contributed by atoms with E-state index < -0.39 is 5.97 Å². The Bertz CT molecular complexity index is 989. The van der Waals surface area contributed by atoms with Gasteiger partial charge < -0.3 is 5.11 Å². The van der Waals surface area contributed by atoms with Gasteiger partial charge in [-0.3, -0.25) is 5.43 Å². The highest BCUT2D eigenvalue weighted by molar-refractivity contribution is 9.10. The van der Waals surface area contributed by atoms with E-state index in [2.05, 4.69) is 41.9 Å². The summed E-state index contributed by atoms with van der Waals surface area (Å²) in [6, 6.07) is 21.3. The zero-order chi connectivity index (χ0) is 19.1. The van der Waals surface area contributed by atoms with Crippen LogP contribution in [0.25, 0.3) is 0 Å². The van der Waals surface area contributed by atoms with Crippen molar-refractivity contribution in [2.75, 3.05) is 5.43 Å². The van der Waals surface area contributed by atoms with Crippen LogP contribution in [0.5, 0.6) is 0 Å². The van der Waals surface area contributed by atoms with Crippen molar-refractivity contribution in [3.05, 3.63) is 82.8 Å². The normalized spacial score (nSPS) is 11.1. The smallest absolute Gasteiger partial charge is 0.338 e. The highest BCUT2D eigenvalue weighted by Gasteiger charge is 2.10. The summed E-state index contributed by atoms with van der Waals surface area (Å²) in [5.41, 5.74) is 5.23. The summed E-state index contributed by atoms with van der Waals surface area (Å²) in [6.07, 6.45) is 0. The van der Waals surface area contributed by atoms with E-state index in [-0.39, 0.29) is 11.3 Å². The van der Waals surface area contributed by atoms with E-state index in [1.54, 1.807) is 36.4 Å². The number of carboxylic acid groups (broad SMARTS) is 1. The number of anilines is 1. The number of halogens is 1. The Labute approximate surface area is 163 Å². The summed E-state index contributed by atoms with van der Waals surface area (Å²) < 4.78 is 0.659. The second-order valence-electron chi connectivity index (χ2n) is 5.36. The third kappa shape index (κ3) is 5.29. The molecular weight excluding hydrogens is 410 g/mol. The molecule has 0 bridgehead atoms. The Morgan fingerprint density at radius 1 is 0.852 bits per heavy atom. The lowest BCUT2D eigenvalue weighted by atomic mass is 10.2. The van der Waals surface area contributed by atoms with Crippen LogP contribution < -0.4 is 5.43 Å². The fraction of sp³-hybridized carbons (Fsp3) is 0. The molecule has 2 N–H and O–H groups in total. The molecule has 27 heavy (non-hydrogen) atoms. The third-order valence-corrected chi connectivity index (χ3v) is 3.92. The first kappa shape index (κ1) is 18.4. The number of nitrogens with zero attached hydrogens (tertiary/aromatic N) is 4. The van der Waals surface area contributed by atoms with Crippen LogP contribution in [-0.2, 0) is 0 Å². The lowest BCUT2D eigenvalue weighted by Crippen LogP contribution is -1.96. The molecule has 0 fully saturated rings. The summed E-state index contributed by atoms with van der Waals surface area (Å²) >= 11 is 3.24. The van der Waals surface area contributed by atoms with Crippen LogP contribution in [-0.4, -0.2) is 11.1 Å². The van der Waals surface area contributed by atoms with Gasteiger partial charge in [-0.15, -0.1) is 5.11 Å². The molecule has 134 valence electrons. The Morgan fingerprint density at radius 3 is 2.19 bits per heavy atom. The molecule has 0 spiro atoms. The number of benzene rings is 3. The maximum absolute atomic E-state index is 11.2. The number of rotatable bonds is 6. The molecule has 0 saturated carbocycles. The minimum atomic E-state index is -1.07. The summed E-state index contributed by atoms with van der Waals surface area (Å²) in [4.78, 5) is 11.2. The van der Waals surface area contributed by atoms with E-state index in [9.17, 15) is 9.90 Å². The largest absolute Gasteiger partial charge is 0.478 e. The lowest BCUT2D eigenvalue weighted by molar-refractivity contribution is 0.0697. The highest BCUT2D eigenvalue weighted by atomic mass is 79.9. The van der Waals surface area contributed by atoms with Gasteiger partial charge >= 0.3 is 5.97 Å². The molecule has 0 atom stereocenters. The summed E-state index contributed by atoms with van der Waals surface area (Å²) in [5.74, 6) is -1.07. The summed E-state index contributed by atoms with van der Waals surface area (Å²) in [5, 5.41) is 25.3. The van der Waals surface area contributed by atoms with Crippen molar-refractivity contribution in [1.82, 2.24) is 0 Å². The van der Waals surface area contributed by atoms with Crippen LogP contribution in [0.4, 0.5) is 22.7 Å². The zero-order valence-corrected chi connectivity index (χ0v) is 15.5. The van der Waals surface area contributed by atoms with Crippen LogP contribution in [0, 0.1) is 0 Å². The monoisotopic (exact) mass is 423 g/mol. The van der Waals surface area contributed by atoms with Crippen LogP contribution in [0.2, 0.25) is 0 Å². The molecule has 3 aromatic rings. The van der Waals surface area contributed by atoms with Gasteiger partial charge in [0.25, 0.3) is 0 Å². The molecule has 0 radical (unpaired) electrons. The zero-order valence-electron chi connectivity index (χ0n) is 14.0. The molecule has 0 heterocycles. The van der Waals surface area contributed by atoms with Gasteiger partial charge in [0.15, 0.2) is 0 Å². The fourth-order valence-corrected chi connectivity index (χ4v) is 2.48. The van der Waals surface area contributed by atoms with Gasteiger partial charge in [-0.1, -0.05) is 39.4 Å². The second-order valence-corrected chi connectivity index (χ2v) is 6.28. The Hall–Kier alpha value is -3.39. The van der Waals surface area contributed by atoms with Crippen molar-refractivity contribution >= 4 is 44.6 Å². The van der Waals surface area contributed by atoms with Crippen LogP contribution in [0.15, 0.2) is 97.8 Å². The van der Waals surface area contributed by atoms with E-state index >= 15 is 0 Å². The van der Waals surface area contributed by atoms with Crippen molar-refractivity contribution < 1.29 is 9.90 Å². The Kier molecular flexibility index (Phi) is 6.01. The average molecular weight is 424 g/mol. The highest BCUT2D eigenvalue weighted by Crippen LogP contribution is 2.24. The number of carboxylic acids is 1. The quantitative estimate of drug-likeness (QED) is 0.341. The van der Waals surface area contributed by atoms with Gasteiger partial charge in [-0.2, -0.15) is 10.2 Å². The van der Waals surface area contributed by atoms with Crippen molar-refractivity contribution in [3.63, 3.8) is 0 Å². The van der Waals surface area contributed by atoms with Crippen molar-refractivity contribution in [2.45, 2.75) is 0 Å². The number of carbonyl (C=O) groups is 1. The molecule has 0 saturated heterocycles. The minimum Gasteiger partial charge on any atom is -0.478 e. The van der Waals surface area contributed by atoms with Gasteiger partial charge in [-0.05, 0) is 54.6 Å². The number of hydrogen-bond acceptors (Lipinski definition) is 5. The van der Waals surface area contributed by atoms with E-state index in [0.717, 1.165) is 5.69 Å². The first-order valence-corrected chi connectivity index (χ1v) is 8.67. The molecule has 0 amide bonds. The number of hydrogen-bond donors (Lipinski definition) is 2. The summed E-state index contributed by atoms with van der Waals surface area (Å²) in [7, 11) is 0. The Balaban J connectivity index is 1.65. The number of aromatic carboxylic acids is 1. The predicted octanol–water partition coefficient (Wildman–Crippen LogP) is 6.67. The summed E-state index contributed by atoms with van der Waals surface area (Å²) in [6.45, 7) is 0. The lowest BCUT2D eigenvalue weighted by Gasteiger charge is -2.02. The molecular formula is C19H14BrN5O2. The average Bonchev–Trinajstić information content (AvgIpc) is 2.69. The molecule has 7 nitrogen and oxygen atoms in total. The Morgan fingerprint density at radius 2 is 1.52 bits per heavy atom. The molecule has 0 aliphatic heterocycles. The van der Waals surface area contributed by atoms with Crippen LogP contribution in [0.1, 0.15) is 10.4 Å². The van der Waals surface area contributed by atoms with Crippen molar-refractivity contribution in [2.24, 2.45) is 20.6 Å². The maximum Gasteiger partial charge on any atom is 0.338 e. The van der Waals surface area contributed by atoms with Gasteiger partial charge in [0, 0.05) is 4.47 Å². The topological polar surface area (TPSA) is 98.8 Å². The molecule has 0 aliphatic carbocycles. The van der Waals surface area contributed by atoms with Crippen LogP contribution in [0.3, 0.4) is 0 Å². The maximum atomic E-state index is 11.2. The van der Waals surface area contributed by atoms with E-state index in [0.29, 0.717) is 15.8 Å². The van der Waals surface area contributed by atoms with Crippen molar-refractivity contribution in [1.29, 1.82) is 0 Å².